The minimum atomic E-state index is -5.08. The Bertz CT molecular complexity index is 793. The van der Waals surface area contributed by atoms with E-state index >= 15 is 0 Å². The van der Waals surface area contributed by atoms with Crippen LogP contribution in [-0.2, 0) is 20.8 Å². The van der Waals surface area contributed by atoms with Crippen molar-refractivity contribution in [2.24, 2.45) is 17.6 Å². The molecule has 0 aliphatic heterocycles. The standard InChI is InChI=1S/C17H24N2O5.C2HF3O2/c1-10(2)15(20)23-13-6-5-12(7-8-19-17(18)22)9-14(13)24-16(21)11(3)4;3-2(4,5)1(6)7/h5-6,9-11H,7-8H2,1-4H3,(H3,18,19,22);(H,6,7). The molecule has 31 heavy (non-hydrogen) atoms. The summed E-state index contributed by atoms with van der Waals surface area (Å²) in [6.45, 7) is 7.20. The lowest BCUT2D eigenvalue weighted by molar-refractivity contribution is -0.192. The molecule has 0 unspecified atom stereocenters. The third-order valence-corrected chi connectivity index (χ3v) is 3.33. The monoisotopic (exact) mass is 450 g/mol. The van der Waals surface area contributed by atoms with Crippen molar-refractivity contribution in [1.29, 1.82) is 0 Å². The Balaban J connectivity index is 0.00000110. The molecule has 0 spiro atoms. The number of carboxylic acid groups (broad SMARTS) is 1. The van der Waals surface area contributed by atoms with E-state index in [0.717, 1.165) is 5.56 Å². The topological polar surface area (TPSA) is 145 Å². The maximum Gasteiger partial charge on any atom is 0.490 e. The van der Waals surface area contributed by atoms with Gasteiger partial charge in [-0.3, -0.25) is 9.59 Å². The highest BCUT2D eigenvalue weighted by Crippen LogP contribution is 2.30. The number of benzene rings is 1. The number of ether oxygens (including phenoxy) is 2. The molecule has 1 rings (SSSR count). The average Bonchev–Trinajstić information content (AvgIpc) is 2.62. The largest absolute Gasteiger partial charge is 0.490 e. The van der Waals surface area contributed by atoms with E-state index in [-0.39, 0.29) is 23.3 Å². The van der Waals surface area contributed by atoms with Crippen molar-refractivity contribution in [2.45, 2.75) is 40.3 Å². The molecule has 0 heterocycles. The van der Waals surface area contributed by atoms with Gasteiger partial charge in [0.2, 0.25) is 0 Å². The van der Waals surface area contributed by atoms with Gasteiger partial charge in [-0.05, 0) is 24.1 Å². The quantitative estimate of drug-likeness (QED) is 0.428. The molecule has 9 nitrogen and oxygen atoms in total. The number of amides is 2. The number of alkyl halides is 3. The zero-order valence-corrected chi connectivity index (χ0v) is 17.4. The molecule has 174 valence electrons. The van der Waals surface area contributed by atoms with Crippen LogP contribution in [0.2, 0.25) is 0 Å². The Morgan fingerprint density at radius 3 is 1.84 bits per heavy atom. The molecule has 0 saturated carbocycles. The van der Waals surface area contributed by atoms with E-state index in [0.29, 0.717) is 13.0 Å². The predicted molar refractivity (Wildman–Crippen MR) is 102 cm³/mol. The van der Waals surface area contributed by atoms with Crippen molar-refractivity contribution in [3.63, 3.8) is 0 Å². The first-order valence-corrected chi connectivity index (χ1v) is 9.04. The van der Waals surface area contributed by atoms with Crippen molar-refractivity contribution in [2.75, 3.05) is 6.54 Å². The second-order valence-electron chi connectivity index (χ2n) is 6.78. The Morgan fingerprint density at radius 2 is 1.45 bits per heavy atom. The third kappa shape index (κ3) is 11.5. The zero-order valence-electron chi connectivity index (χ0n) is 17.4. The van der Waals surface area contributed by atoms with Crippen LogP contribution in [0.15, 0.2) is 18.2 Å². The summed E-state index contributed by atoms with van der Waals surface area (Å²) in [6, 6.07) is 4.32. The number of hydrogen-bond acceptors (Lipinski definition) is 6. The number of esters is 2. The van der Waals surface area contributed by atoms with Crippen LogP contribution in [0.1, 0.15) is 33.3 Å². The van der Waals surface area contributed by atoms with Crippen LogP contribution in [0, 0.1) is 11.8 Å². The molecular weight excluding hydrogens is 425 g/mol. The predicted octanol–water partition coefficient (Wildman–Crippen LogP) is 2.65. The van der Waals surface area contributed by atoms with E-state index in [1.165, 1.54) is 0 Å². The number of urea groups is 1. The molecule has 0 radical (unpaired) electrons. The van der Waals surface area contributed by atoms with Crippen molar-refractivity contribution < 1.29 is 46.9 Å². The molecule has 0 aliphatic rings. The lowest BCUT2D eigenvalue weighted by Gasteiger charge is -2.14. The smallest absolute Gasteiger partial charge is 0.475 e. The molecule has 2 amide bonds. The van der Waals surface area contributed by atoms with Crippen LogP contribution in [0.4, 0.5) is 18.0 Å². The first kappa shape index (κ1) is 27.7. The summed E-state index contributed by atoms with van der Waals surface area (Å²) in [6.07, 6.45) is -4.59. The van der Waals surface area contributed by atoms with Gasteiger partial charge in [-0.1, -0.05) is 33.8 Å². The number of halogens is 3. The van der Waals surface area contributed by atoms with Gasteiger partial charge >= 0.3 is 30.1 Å². The highest BCUT2D eigenvalue weighted by Gasteiger charge is 2.38. The second-order valence-corrected chi connectivity index (χ2v) is 6.78. The summed E-state index contributed by atoms with van der Waals surface area (Å²) in [7, 11) is 0. The number of carboxylic acids is 1. The normalized spacial score (nSPS) is 10.7. The number of hydrogen-bond donors (Lipinski definition) is 3. The second kappa shape index (κ2) is 12.4. The van der Waals surface area contributed by atoms with E-state index in [1.807, 2.05) is 0 Å². The molecule has 0 saturated heterocycles. The Labute approximate surface area is 176 Å². The minimum Gasteiger partial charge on any atom is -0.475 e. The highest BCUT2D eigenvalue weighted by atomic mass is 19.4. The molecule has 0 aromatic heterocycles. The van der Waals surface area contributed by atoms with Crippen molar-refractivity contribution >= 4 is 23.9 Å². The van der Waals surface area contributed by atoms with E-state index in [1.54, 1.807) is 45.9 Å². The number of nitrogens with one attached hydrogen (secondary N) is 1. The number of nitrogens with two attached hydrogens (primary N) is 1. The average molecular weight is 450 g/mol. The fourth-order valence-corrected chi connectivity index (χ4v) is 1.65. The Morgan fingerprint density at radius 1 is 1.00 bits per heavy atom. The molecule has 1 aromatic rings. The number of rotatable bonds is 7. The van der Waals surface area contributed by atoms with Crippen LogP contribution < -0.4 is 20.5 Å². The van der Waals surface area contributed by atoms with Gasteiger partial charge in [0.25, 0.3) is 0 Å². The summed E-state index contributed by atoms with van der Waals surface area (Å²) in [4.78, 5) is 43.3. The maximum atomic E-state index is 11.9. The van der Waals surface area contributed by atoms with Crippen LogP contribution in [0.5, 0.6) is 11.5 Å². The fourth-order valence-electron chi connectivity index (χ4n) is 1.65. The first-order valence-electron chi connectivity index (χ1n) is 9.04. The van der Waals surface area contributed by atoms with E-state index < -0.39 is 30.1 Å². The summed E-state index contributed by atoms with van der Waals surface area (Å²) in [5.74, 6) is -3.86. The summed E-state index contributed by atoms with van der Waals surface area (Å²) in [5, 5.41) is 9.60. The van der Waals surface area contributed by atoms with Crippen molar-refractivity contribution in [3.8, 4) is 11.5 Å². The zero-order chi connectivity index (χ0) is 24.4. The minimum absolute atomic E-state index is 0.180. The molecule has 4 N–H and O–H groups in total. The van der Waals surface area contributed by atoms with Crippen molar-refractivity contribution in [1.82, 2.24) is 5.32 Å². The highest BCUT2D eigenvalue weighted by molar-refractivity contribution is 5.78. The Hall–Kier alpha value is -3.31. The fraction of sp³-hybridized carbons (Fsp3) is 0.474. The molecular formula is C19H25F3N2O7. The van der Waals surface area contributed by atoms with E-state index in [9.17, 15) is 27.6 Å². The van der Waals surface area contributed by atoms with Gasteiger partial charge in [-0.15, -0.1) is 0 Å². The summed E-state index contributed by atoms with van der Waals surface area (Å²) < 4.78 is 42.3. The molecule has 12 heteroatoms. The molecule has 1 aromatic carbocycles. The number of carbonyl (C=O) groups is 4. The molecule has 0 aliphatic carbocycles. The van der Waals surface area contributed by atoms with Gasteiger partial charge < -0.3 is 25.6 Å². The number of aliphatic carboxylic acids is 1. The number of carbonyl (C=O) groups excluding carboxylic acids is 3. The summed E-state index contributed by atoms with van der Waals surface area (Å²) >= 11 is 0. The van der Waals surface area contributed by atoms with Crippen LogP contribution in [0.3, 0.4) is 0 Å². The lowest BCUT2D eigenvalue weighted by atomic mass is 10.1. The van der Waals surface area contributed by atoms with Crippen molar-refractivity contribution in [3.05, 3.63) is 23.8 Å². The van der Waals surface area contributed by atoms with Crippen LogP contribution in [-0.4, -0.2) is 41.8 Å². The van der Waals surface area contributed by atoms with Crippen LogP contribution >= 0.6 is 0 Å². The van der Waals surface area contributed by atoms with Gasteiger partial charge in [0, 0.05) is 6.54 Å². The van der Waals surface area contributed by atoms with Crippen LogP contribution in [0.25, 0.3) is 0 Å². The van der Waals surface area contributed by atoms with E-state index in [2.05, 4.69) is 5.32 Å². The maximum absolute atomic E-state index is 11.9. The number of primary amides is 1. The lowest BCUT2D eigenvalue weighted by Crippen LogP contribution is -2.30. The van der Waals surface area contributed by atoms with Gasteiger partial charge in [-0.2, -0.15) is 13.2 Å². The molecule has 0 fully saturated rings. The molecule has 0 bridgehead atoms. The first-order chi connectivity index (χ1) is 14.1. The van der Waals surface area contributed by atoms with E-state index in [4.69, 9.17) is 25.1 Å². The molecule has 0 atom stereocenters. The Kier molecular flexibility index (Phi) is 11.1. The van der Waals surface area contributed by atoms with Gasteiger partial charge in [0.05, 0.1) is 11.8 Å². The summed E-state index contributed by atoms with van der Waals surface area (Å²) in [5.41, 5.74) is 5.82. The van der Waals surface area contributed by atoms with Gasteiger partial charge in [-0.25, -0.2) is 9.59 Å². The third-order valence-electron chi connectivity index (χ3n) is 3.33. The van der Waals surface area contributed by atoms with Gasteiger partial charge in [0.1, 0.15) is 0 Å². The SMILES string of the molecule is CC(C)C(=O)Oc1ccc(CCNC(N)=O)cc1OC(=O)C(C)C.O=C(O)C(F)(F)F. The van der Waals surface area contributed by atoms with Gasteiger partial charge in [0.15, 0.2) is 11.5 Å².